The fourth-order valence-corrected chi connectivity index (χ4v) is 3.13. The van der Waals surface area contributed by atoms with Gasteiger partial charge in [0.05, 0.1) is 11.0 Å². The van der Waals surface area contributed by atoms with Crippen LogP contribution in [0.15, 0.2) is 65.8 Å². The number of alkyl halides is 2. The molecule has 0 aliphatic heterocycles. The van der Waals surface area contributed by atoms with E-state index >= 15 is 0 Å². The number of carbonyl (C=O) groups is 1. The van der Waals surface area contributed by atoms with Crippen molar-refractivity contribution in [1.29, 1.82) is 0 Å². The Morgan fingerprint density at radius 2 is 1.83 bits per heavy atom. The van der Waals surface area contributed by atoms with Crippen molar-refractivity contribution in [3.63, 3.8) is 0 Å². The molecule has 4 rings (SSSR count). The molecule has 2 aromatic carbocycles. The lowest BCUT2D eigenvalue weighted by Gasteiger charge is -2.07. The summed E-state index contributed by atoms with van der Waals surface area (Å²) in [6.07, 6.45) is 0.589. The number of nitrogens with one attached hydrogen (secondary N) is 3. The van der Waals surface area contributed by atoms with Crippen LogP contribution < -0.4 is 10.0 Å². The predicted molar refractivity (Wildman–Crippen MR) is 107 cm³/mol. The van der Waals surface area contributed by atoms with E-state index in [9.17, 15) is 13.6 Å². The average molecular weight is 412 g/mol. The van der Waals surface area contributed by atoms with Gasteiger partial charge >= 0.3 is 0 Å². The molecule has 2 heterocycles. The highest BCUT2D eigenvalue weighted by atomic mass is 32.2. The van der Waals surface area contributed by atoms with Crippen molar-refractivity contribution in [1.82, 2.24) is 19.9 Å². The molecular formula is C19H14F2N6OS. The number of anilines is 2. The molecule has 0 fully saturated rings. The van der Waals surface area contributed by atoms with Crippen LogP contribution in [-0.2, 0) is 0 Å². The Kier molecular flexibility index (Phi) is 5.34. The highest BCUT2D eigenvalue weighted by Gasteiger charge is 2.14. The van der Waals surface area contributed by atoms with Crippen molar-refractivity contribution in [2.75, 3.05) is 10.0 Å². The number of hydrogen-bond acceptors (Lipinski definition) is 6. The Labute approximate surface area is 168 Å². The van der Waals surface area contributed by atoms with Gasteiger partial charge in [0.2, 0.25) is 5.95 Å². The van der Waals surface area contributed by atoms with Gasteiger partial charge in [-0.3, -0.25) is 9.52 Å². The Bertz CT molecular complexity index is 1130. The summed E-state index contributed by atoms with van der Waals surface area (Å²) in [4.78, 5) is 27.8. The third kappa shape index (κ3) is 4.49. The number of halogens is 2. The number of aromatic nitrogens is 4. The molecule has 4 aromatic rings. The first-order valence-electron chi connectivity index (χ1n) is 8.47. The minimum atomic E-state index is -2.70. The summed E-state index contributed by atoms with van der Waals surface area (Å²) in [5, 5.41) is 2.78. The molecule has 0 unspecified atom stereocenters. The molecule has 10 heteroatoms. The number of aromatic amines is 1. The van der Waals surface area contributed by atoms with Crippen LogP contribution in [0.5, 0.6) is 0 Å². The number of imidazole rings is 1. The van der Waals surface area contributed by atoms with E-state index in [2.05, 4.69) is 30.0 Å². The van der Waals surface area contributed by atoms with Crippen molar-refractivity contribution < 1.29 is 13.6 Å². The Morgan fingerprint density at radius 3 is 2.55 bits per heavy atom. The summed E-state index contributed by atoms with van der Waals surface area (Å²) >= 11 is 1.34. The van der Waals surface area contributed by atoms with E-state index in [-0.39, 0.29) is 5.91 Å². The van der Waals surface area contributed by atoms with Crippen molar-refractivity contribution in [3.8, 4) is 0 Å². The van der Waals surface area contributed by atoms with Crippen LogP contribution in [0.1, 0.15) is 22.6 Å². The summed E-state index contributed by atoms with van der Waals surface area (Å²) in [5.74, 6) is -0.268. The second-order valence-electron chi connectivity index (χ2n) is 5.91. The molecule has 29 heavy (non-hydrogen) atoms. The highest BCUT2D eigenvalue weighted by molar-refractivity contribution is 8.00. The topological polar surface area (TPSA) is 95.6 Å². The molecule has 0 bridgehead atoms. The first-order valence-corrected chi connectivity index (χ1v) is 9.29. The number of nitrogens with zero attached hydrogens (tertiary/aromatic N) is 3. The van der Waals surface area contributed by atoms with Crippen LogP contribution in [0, 0.1) is 0 Å². The number of fused-ring (bicyclic) bond motifs is 1. The molecule has 0 saturated heterocycles. The second kappa shape index (κ2) is 8.23. The molecule has 3 N–H and O–H groups in total. The molecule has 1 amide bonds. The maximum absolute atomic E-state index is 12.7. The van der Waals surface area contributed by atoms with Gasteiger partial charge < -0.3 is 10.3 Å². The van der Waals surface area contributed by atoms with Crippen LogP contribution in [0.2, 0.25) is 0 Å². The minimum Gasteiger partial charge on any atom is -0.337 e. The minimum absolute atomic E-state index is 0.336. The molecule has 0 atom stereocenters. The van der Waals surface area contributed by atoms with E-state index in [0.29, 0.717) is 28.2 Å². The van der Waals surface area contributed by atoms with E-state index in [0.717, 1.165) is 4.90 Å². The third-order valence-corrected chi connectivity index (χ3v) is 4.70. The lowest BCUT2D eigenvalue weighted by atomic mass is 10.2. The lowest BCUT2D eigenvalue weighted by molar-refractivity contribution is 0.102. The molecule has 0 saturated carbocycles. The number of benzene rings is 2. The number of hydrogen-bond donors (Lipinski definition) is 3. The second-order valence-corrected chi connectivity index (χ2v) is 6.79. The van der Waals surface area contributed by atoms with Crippen LogP contribution in [-0.4, -0.2) is 25.8 Å². The van der Waals surface area contributed by atoms with Crippen LogP contribution in [0.25, 0.3) is 11.0 Å². The largest absolute Gasteiger partial charge is 0.337 e. The monoisotopic (exact) mass is 412 g/mol. The summed E-state index contributed by atoms with van der Waals surface area (Å²) < 4.78 is 28.5. The van der Waals surface area contributed by atoms with Crippen LogP contribution in [0.3, 0.4) is 0 Å². The highest BCUT2D eigenvalue weighted by Crippen LogP contribution is 2.23. The number of rotatable bonds is 6. The Hall–Kier alpha value is -3.53. The Balaban J connectivity index is 1.40. The molecule has 7 nitrogen and oxygen atoms in total. The SMILES string of the molecule is O=C(Nc1ccc(SNc2ncccn2)cc1)c1ccc2nc(C(F)F)[nH]c2c1. The quantitative estimate of drug-likeness (QED) is 0.399. The van der Waals surface area contributed by atoms with Gasteiger partial charge in [0.25, 0.3) is 12.3 Å². The molecule has 0 aliphatic rings. The standard InChI is InChI=1S/C19H14F2N6OS/c20-16(21)17-25-14-7-2-11(10-15(14)26-17)18(28)24-12-3-5-13(6-4-12)29-27-19-22-8-1-9-23-19/h1-10,16H,(H,24,28)(H,25,26)(H,22,23,27). The number of carbonyl (C=O) groups excluding carboxylic acids is 1. The van der Waals surface area contributed by atoms with Crippen LogP contribution in [0.4, 0.5) is 20.4 Å². The molecule has 2 aromatic heterocycles. The predicted octanol–water partition coefficient (Wildman–Crippen LogP) is 4.66. The van der Waals surface area contributed by atoms with E-state index < -0.39 is 12.2 Å². The van der Waals surface area contributed by atoms with E-state index in [4.69, 9.17) is 0 Å². The summed E-state index contributed by atoms with van der Waals surface area (Å²) in [6.45, 7) is 0. The van der Waals surface area contributed by atoms with Gasteiger partial charge in [0.15, 0.2) is 5.82 Å². The lowest BCUT2D eigenvalue weighted by Crippen LogP contribution is -2.11. The smallest absolute Gasteiger partial charge is 0.295 e. The van der Waals surface area contributed by atoms with Gasteiger partial charge in [-0.2, -0.15) is 0 Å². The number of H-pyrrole nitrogens is 1. The van der Waals surface area contributed by atoms with Gasteiger partial charge in [-0.05, 0) is 60.5 Å². The maximum atomic E-state index is 12.7. The third-order valence-electron chi connectivity index (χ3n) is 3.91. The van der Waals surface area contributed by atoms with Gasteiger partial charge in [-0.25, -0.2) is 23.7 Å². The normalized spacial score (nSPS) is 11.0. The summed E-state index contributed by atoms with van der Waals surface area (Å²) in [5.41, 5.74) is 1.71. The van der Waals surface area contributed by atoms with Crippen molar-refractivity contribution in [2.45, 2.75) is 11.3 Å². The van der Waals surface area contributed by atoms with Crippen molar-refractivity contribution in [2.24, 2.45) is 0 Å². The average Bonchev–Trinajstić information content (AvgIpc) is 3.18. The number of amides is 1. The van der Waals surface area contributed by atoms with Gasteiger partial charge in [0.1, 0.15) is 0 Å². The van der Waals surface area contributed by atoms with Crippen molar-refractivity contribution in [3.05, 3.63) is 72.3 Å². The van der Waals surface area contributed by atoms with Crippen molar-refractivity contribution >= 4 is 40.5 Å². The molecular weight excluding hydrogens is 398 g/mol. The fourth-order valence-electron chi connectivity index (χ4n) is 2.54. The zero-order valence-electron chi connectivity index (χ0n) is 14.8. The first kappa shape index (κ1) is 18.8. The van der Waals surface area contributed by atoms with Gasteiger partial charge in [0, 0.05) is 28.5 Å². The fraction of sp³-hybridized carbons (Fsp3) is 0.0526. The van der Waals surface area contributed by atoms with E-state index in [1.165, 1.54) is 24.1 Å². The first-order chi connectivity index (χ1) is 14.1. The van der Waals surface area contributed by atoms with Crippen LogP contribution >= 0.6 is 11.9 Å². The van der Waals surface area contributed by atoms with Gasteiger partial charge in [-0.1, -0.05) is 0 Å². The zero-order valence-corrected chi connectivity index (χ0v) is 15.6. The molecule has 146 valence electrons. The van der Waals surface area contributed by atoms with E-state index in [1.54, 1.807) is 36.7 Å². The van der Waals surface area contributed by atoms with E-state index in [1.807, 2.05) is 12.1 Å². The zero-order chi connectivity index (χ0) is 20.2. The van der Waals surface area contributed by atoms with Gasteiger partial charge in [-0.15, -0.1) is 0 Å². The molecule has 0 aliphatic carbocycles. The Morgan fingerprint density at radius 1 is 1.07 bits per heavy atom. The molecule has 0 spiro atoms. The summed E-state index contributed by atoms with van der Waals surface area (Å²) in [7, 11) is 0. The molecule has 0 radical (unpaired) electrons. The summed E-state index contributed by atoms with van der Waals surface area (Å²) in [6, 6.07) is 13.5. The maximum Gasteiger partial charge on any atom is 0.295 e.